The third-order valence-electron chi connectivity index (χ3n) is 5.29. The molecule has 2 atom stereocenters. The van der Waals surface area contributed by atoms with Gasteiger partial charge in [0.15, 0.2) is 5.78 Å². The Morgan fingerprint density at radius 1 is 1.17 bits per heavy atom. The Morgan fingerprint density at radius 2 is 1.88 bits per heavy atom. The van der Waals surface area contributed by atoms with Gasteiger partial charge in [-0.1, -0.05) is 37.1 Å². The van der Waals surface area contributed by atoms with E-state index in [1.165, 1.54) is 0 Å². The summed E-state index contributed by atoms with van der Waals surface area (Å²) in [6, 6.07) is 7.39. The van der Waals surface area contributed by atoms with E-state index in [2.05, 4.69) is 0 Å². The maximum absolute atomic E-state index is 13.1. The summed E-state index contributed by atoms with van der Waals surface area (Å²) in [4.78, 5) is 36.4. The predicted molar refractivity (Wildman–Crippen MR) is 86.8 cm³/mol. The number of unbranched alkanes of at least 4 members (excludes halogenated alkanes) is 2. The quantitative estimate of drug-likeness (QED) is 0.491. The van der Waals surface area contributed by atoms with E-state index in [1.54, 1.807) is 6.07 Å². The molecule has 0 unspecified atom stereocenters. The number of aliphatic carboxylic acids is 1. The molecule has 0 aromatic heterocycles. The highest BCUT2D eigenvalue weighted by atomic mass is 16.6. The minimum Gasteiger partial charge on any atom is -0.481 e. The van der Waals surface area contributed by atoms with E-state index in [4.69, 9.17) is 9.84 Å². The average molecular weight is 330 g/mol. The molecule has 0 amide bonds. The lowest BCUT2D eigenvalue weighted by atomic mass is 9.68. The highest BCUT2D eigenvalue weighted by Gasteiger charge is 2.69. The SMILES string of the molecule is CC1(C)OC(=O)[C@]2(CCCCCC(=O)O)C(=O)c3ccccc3[C@H]12. The molecule has 24 heavy (non-hydrogen) atoms. The molecule has 5 heteroatoms. The number of rotatable bonds is 6. The zero-order valence-corrected chi connectivity index (χ0v) is 14.0. The van der Waals surface area contributed by atoms with E-state index in [0.717, 1.165) is 5.56 Å². The van der Waals surface area contributed by atoms with Gasteiger partial charge in [-0.15, -0.1) is 0 Å². The van der Waals surface area contributed by atoms with E-state index in [-0.39, 0.29) is 18.1 Å². The lowest BCUT2D eigenvalue weighted by molar-refractivity contribution is -0.151. The van der Waals surface area contributed by atoms with Crippen LogP contribution in [-0.4, -0.2) is 28.4 Å². The zero-order chi connectivity index (χ0) is 17.5. The molecule has 1 aromatic rings. The molecular formula is C19H22O5. The van der Waals surface area contributed by atoms with Crippen LogP contribution in [0.5, 0.6) is 0 Å². The number of ether oxygens (including phenoxy) is 1. The molecular weight excluding hydrogens is 308 g/mol. The molecule has 1 aliphatic heterocycles. The monoisotopic (exact) mass is 330 g/mol. The Bertz CT molecular complexity index is 705. The van der Waals surface area contributed by atoms with Crippen molar-refractivity contribution in [3.05, 3.63) is 35.4 Å². The summed E-state index contributed by atoms with van der Waals surface area (Å²) < 4.78 is 5.59. The van der Waals surface area contributed by atoms with Crippen LogP contribution in [0.2, 0.25) is 0 Å². The lowest BCUT2D eigenvalue weighted by Crippen LogP contribution is -2.37. The minimum atomic E-state index is -1.14. The molecule has 5 nitrogen and oxygen atoms in total. The Hall–Kier alpha value is -2.17. The summed E-state index contributed by atoms with van der Waals surface area (Å²) in [5.74, 6) is -1.67. The Balaban J connectivity index is 1.88. The molecule has 0 radical (unpaired) electrons. The molecule has 1 heterocycles. The van der Waals surface area contributed by atoms with Gasteiger partial charge >= 0.3 is 11.9 Å². The third-order valence-corrected chi connectivity index (χ3v) is 5.29. The largest absolute Gasteiger partial charge is 0.481 e. The molecule has 1 aliphatic carbocycles. The van der Waals surface area contributed by atoms with Crippen LogP contribution < -0.4 is 0 Å². The second kappa shape index (κ2) is 5.72. The molecule has 1 saturated heterocycles. The van der Waals surface area contributed by atoms with Gasteiger partial charge in [-0.3, -0.25) is 14.4 Å². The van der Waals surface area contributed by atoms with Crippen molar-refractivity contribution in [2.45, 2.75) is 57.5 Å². The first-order valence-corrected chi connectivity index (χ1v) is 8.39. The number of hydrogen-bond donors (Lipinski definition) is 1. The standard InChI is InChI=1S/C19H22O5/c1-18(2)15-12-8-5-6-9-13(12)16(22)19(15,17(23)24-18)11-7-3-4-10-14(20)21/h5-6,8-9,15H,3-4,7,10-11H2,1-2H3,(H,20,21)/t15-,19+/m1/s1. The summed E-state index contributed by atoms with van der Waals surface area (Å²) in [6.45, 7) is 3.72. The first kappa shape index (κ1) is 16.7. The van der Waals surface area contributed by atoms with Crippen LogP contribution in [0.3, 0.4) is 0 Å². The molecule has 128 valence electrons. The van der Waals surface area contributed by atoms with Crippen LogP contribution in [0.25, 0.3) is 0 Å². The number of carbonyl (C=O) groups is 3. The molecule has 1 aromatic carbocycles. The Labute approximate surface area is 141 Å². The van der Waals surface area contributed by atoms with Crippen LogP contribution in [-0.2, 0) is 14.3 Å². The minimum absolute atomic E-state index is 0.112. The van der Waals surface area contributed by atoms with Crippen molar-refractivity contribution in [1.82, 2.24) is 0 Å². The Kier molecular flexibility index (Phi) is 3.98. The third kappa shape index (κ3) is 2.34. The van der Waals surface area contributed by atoms with Crippen LogP contribution >= 0.6 is 0 Å². The molecule has 1 N–H and O–H groups in total. The van der Waals surface area contributed by atoms with Crippen molar-refractivity contribution in [3.8, 4) is 0 Å². The second-order valence-electron chi connectivity index (χ2n) is 7.27. The van der Waals surface area contributed by atoms with Gasteiger partial charge in [0.05, 0.1) is 0 Å². The van der Waals surface area contributed by atoms with Gasteiger partial charge in [-0.2, -0.15) is 0 Å². The van der Waals surface area contributed by atoms with Crippen LogP contribution in [0, 0.1) is 5.41 Å². The van der Waals surface area contributed by atoms with Gasteiger partial charge in [0.1, 0.15) is 11.0 Å². The number of benzene rings is 1. The molecule has 3 rings (SSSR count). The van der Waals surface area contributed by atoms with Gasteiger partial charge in [0, 0.05) is 17.9 Å². The maximum Gasteiger partial charge on any atom is 0.321 e. The van der Waals surface area contributed by atoms with Crippen molar-refractivity contribution in [3.63, 3.8) is 0 Å². The molecule has 0 spiro atoms. The first-order valence-electron chi connectivity index (χ1n) is 8.39. The summed E-state index contributed by atoms with van der Waals surface area (Å²) in [6.07, 6.45) is 2.38. The normalized spacial score (nSPS) is 26.8. The summed E-state index contributed by atoms with van der Waals surface area (Å²) in [5, 5.41) is 8.72. The number of cyclic esters (lactones) is 1. The van der Waals surface area contributed by atoms with E-state index in [0.29, 0.717) is 31.2 Å². The number of fused-ring (bicyclic) bond motifs is 3. The van der Waals surface area contributed by atoms with Crippen LogP contribution in [0.1, 0.15) is 67.8 Å². The van der Waals surface area contributed by atoms with Crippen LogP contribution in [0.15, 0.2) is 24.3 Å². The maximum atomic E-state index is 13.1. The lowest BCUT2D eigenvalue weighted by Gasteiger charge is -2.28. The summed E-state index contributed by atoms with van der Waals surface area (Å²) in [7, 11) is 0. The van der Waals surface area contributed by atoms with Crippen molar-refractivity contribution >= 4 is 17.7 Å². The van der Waals surface area contributed by atoms with Gasteiger partial charge in [0.25, 0.3) is 0 Å². The highest BCUT2D eigenvalue weighted by Crippen LogP contribution is 2.60. The molecule has 1 fully saturated rings. The van der Waals surface area contributed by atoms with Gasteiger partial charge in [-0.25, -0.2) is 0 Å². The number of Topliss-reactive ketones (excluding diaryl/α,β-unsaturated/α-hetero) is 1. The molecule has 0 bridgehead atoms. The van der Waals surface area contributed by atoms with Crippen LogP contribution in [0.4, 0.5) is 0 Å². The fourth-order valence-corrected chi connectivity index (χ4v) is 4.38. The number of esters is 1. The topological polar surface area (TPSA) is 80.7 Å². The van der Waals surface area contributed by atoms with E-state index in [1.807, 2.05) is 32.0 Å². The van der Waals surface area contributed by atoms with E-state index >= 15 is 0 Å². The Morgan fingerprint density at radius 3 is 2.58 bits per heavy atom. The summed E-state index contributed by atoms with van der Waals surface area (Å²) in [5.41, 5.74) is -0.349. The van der Waals surface area contributed by atoms with Gasteiger partial charge in [-0.05, 0) is 32.3 Å². The average Bonchev–Trinajstić information content (AvgIpc) is 2.88. The highest BCUT2D eigenvalue weighted by molar-refractivity contribution is 6.18. The van der Waals surface area contributed by atoms with Crippen molar-refractivity contribution in [1.29, 1.82) is 0 Å². The van der Waals surface area contributed by atoms with E-state index < -0.39 is 23.0 Å². The van der Waals surface area contributed by atoms with Gasteiger partial charge < -0.3 is 9.84 Å². The molecule has 2 aliphatic rings. The van der Waals surface area contributed by atoms with E-state index in [9.17, 15) is 14.4 Å². The smallest absolute Gasteiger partial charge is 0.321 e. The fourth-order valence-electron chi connectivity index (χ4n) is 4.38. The van der Waals surface area contributed by atoms with Crippen molar-refractivity contribution in [2.24, 2.45) is 5.41 Å². The number of carbonyl (C=O) groups excluding carboxylic acids is 2. The summed E-state index contributed by atoms with van der Waals surface area (Å²) >= 11 is 0. The zero-order valence-electron chi connectivity index (χ0n) is 14.0. The second-order valence-corrected chi connectivity index (χ2v) is 7.27. The number of carboxylic acids is 1. The number of hydrogen-bond acceptors (Lipinski definition) is 4. The van der Waals surface area contributed by atoms with Gasteiger partial charge in [0.2, 0.25) is 0 Å². The van der Waals surface area contributed by atoms with Crippen molar-refractivity contribution in [2.75, 3.05) is 0 Å². The fraction of sp³-hybridized carbons (Fsp3) is 0.526. The van der Waals surface area contributed by atoms with Crippen molar-refractivity contribution < 1.29 is 24.2 Å². The number of carboxylic acid groups (broad SMARTS) is 1. The molecule has 0 saturated carbocycles. The number of ketones is 1. The first-order chi connectivity index (χ1) is 11.3. The predicted octanol–water partition coefficient (Wildman–Crippen LogP) is 3.32.